The summed E-state index contributed by atoms with van der Waals surface area (Å²) in [7, 11) is 0. The first kappa shape index (κ1) is 10.5. The largest absolute Gasteiger partial charge is 0.394 e. The van der Waals surface area contributed by atoms with Gasteiger partial charge in [-0.2, -0.15) is 0 Å². The van der Waals surface area contributed by atoms with Crippen LogP contribution in [0.1, 0.15) is 26.2 Å². The van der Waals surface area contributed by atoms with E-state index in [1.165, 1.54) is 6.92 Å². The van der Waals surface area contributed by atoms with E-state index in [1.807, 2.05) is 0 Å². The second-order valence-electron chi connectivity index (χ2n) is 3.54. The second kappa shape index (κ2) is 4.58. The molecule has 1 rings (SSSR count). The summed E-state index contributed by atoms with van der Waals surface area (Å²) in [6.07, 6.45) is 1.91. The van der Waals surface area contributed by atoms with Crippen molar-refractivity contribution >= 4 is 5.91 Å². The molecule has 1 aliphatic rings. The summed E-state index contributed by atoms with van der Waals surface area (Å²) < 4.78 is 0. The van der Waals surface area contributed by atoms with Gasteiger partial charge in [0.15, 0.2) is 0 Å². The van der Waals surface area contributed by atoms with Crippen molar-refractivity contribution in [1.29, 1.82) is 0 Å². The number of hydrogen-bond acceptors (Lipinski definition) is 3. The lowest BCUT2D eigenvalue weighted by molar-refractivity contribution is -0.144. The number of carbonyl (C=O) groups excluding carboxylic acids is 1. The van der Waals surface area contributed by atoms with Crippen molar-refractivity contribution in [2.75, 3.05) is 13.2 Å². The molecule has 1 unspecified atom stereocenters. The van der Waals surface area contributed by atoms with Gasteiger partial charge in [-0.15, -0.1) is 0 Å². The standard InChI is InChI=1S/C9H17NO3/c1-7(12)9(13)10-5-3-2-4-8(10)6-11/h7-8,11-12H,2-6H2,1H3/t7?,8-/m0/s1. The van der Waals surface area contributed by atoms with Gasteiger partial charge in [0.05, 0.1) is 12.6 Å². The number of likely N-dealkylation sites (tertiary alicyclic amines) is 1. The van der Waals surface area contributed by atoms with Gasteiger partial charge < -0.3 is 15.1 Å². The molecule has 4 heteroatoms. The highest BCUT2D eigenvalue weighted by molar-refractivity contribution is 5.80. The number of aliphatic hydroxyl groups is 2. The molecule has 1 fully saturated rings. The van der Waals surface area contributed by atoms with Crippen molar-refractivity contribution in [3.63, 3.8) is 0 Å². The summed E-state index contributed by atoms with van der Waals surface area (Å²) >= 11 is 0. The molecule has 0 radical (unpaired) electrons. The van der Waals surface area contributed by atoms with Crippen molar-refractivity contribution in [2.45, 2.75) is 38.3 Å². The highest BCUT2D eigenvalue weighted by Crippen LogP contribution is 2.17. The fourth-order valence-electron chi connectivity index (χ4n) is 1.72. The van der Waals surface area contributed by atoms with Gasteiger partial charge in [-0.1, -0.05) is 0 Å². The van der Waals surface area contributed by atoms with Crippen molar-refractivity contribution in [3.8, 4) is 0 Å². The molecule has 1 saturated heterocycles. The Hall–Kier alpha value is -0.610. The van der Waals surface area contributed by atoms with Crippen molar-refractivity contribution in [2.24, 2.45) is 0 Å². The Bertz CT molecular complexity index is 182. The van der Waals surface area contributed by atoms with Gasteiger partial charge in [-0.25, -0.2) is 0 Å². The molecule has 0 aromatic carbocycles. The Labute approximate surface area is 78.2 Å². The van der Waals surface area contributed by atoms with Crippen LogP contribution < -0.4 is 0 Å². The number of hydrogen-bond donors (Lipinski definition) is 2. The number of rotatable bonds is 2. The zero-order valence-electron chi connectivity index (χ0n) is 7.94. The third kappa shape index (κ3) is 2.42. The predicted molar refractivity (Wildman–Crippen MR) is 48.1 cm³/mol. The van der Waals surface area contributed by atoms with Crippen molar-refractivity contribution < 1.29 is 15.0 Å². The minimum atomic E-state index is -0.952. The Kier molecular flexibility index (Phi) is 3.69. The van der Waals surface area contributed by atoms with Crippen LogP contribution in [0.2, 0.25) is 0 Å². The molecule has 13 heavy (non-hydrogen) atoms. The topological polar surface area (TPSA) is 60.8 Å². The molecule has 0 aromatic rings. The number of amides is 1. The zero-order valence-corrected chi connectivity index (χ0v) is 7.94. The van der Waals surface area contributed by atoms with Crippen LogP contribution in [0.15, 0.2) is 0 Å². The van der Waals surface area contributed by atoms with Crippen molar-refractivity contribution in [3.05, 3.63) is 0 Å². The van der Waals surface area contributed by atoms with E-state index in [4.69, 9.17) is 10.2 Å². The smallest absolute Gasteiger partial charge is 0.251 e. The summed E-state index contributed by atoms with van der Waals surface area (Å²) in [5.74, 6) is -0.265. The summed E-state index contributed by atoms with van der Waals surface area (Å²) in [4.78, 5) is 13.0. The molecule has 0 spiro atoms. The maximum absolute atomic E-state index is 11.4. The van der Waals surface area contributed by atoms with Gasteiger partial charge in [0.2, 0.25) is 0 Å². The van der Waals surface area contributed by atoms with Crippen LogP contribution in [0.3, 0.4) is 0 Å². The van der Waals surface area contributed by atoms with Crippen LogP contribution in [0, 0.1) is 0 Å². The maximum atomic E-state index is 11.4. The lowest BCUT2D eigenvalue weighted by Gasteiger charge is -2.35. The van der Waals surface area contributed by atoms with E-state index in [0.717, 1.165) is 19.3 Å². The molecule has 76 valence electrons. The molecule has 1 aliphatic heterocycles. The van der Waals surface area contributed by atoms with E-state index in [1.54, 1.807) is 4.90 Å². The van der Waals surface area contributed by atoms with E-state index in [-0.39, 0.29) is 18.6 Å². The van der Waals surface area contributed by atoms with Gasteiger partial charge >= 0.3 is 0 Å². The third-order valence-electron chi connectivity index (χ3n) is 2.48. The molecule has 0 aliphatic carbocycles. The fraction of sp³-hybridized carbons (Fsp3) is 0.889. The molecule has 0 bridgehead atoms. The molecule has 4 nitrogen and oxygen atoms in total. The number of carbonyl (C=O) groups is 1. The quantitative estimate of drug-likeness (QED) is 0.626. The van der Waals surface area contributed by atoms with Crippen LogP contribution in [0.5, 0.6) is 0 Å². The van der Waals surface area contributed by atoms with Gasteiger partial charge in [-0.05, 0) is 26.2 Å². The molecule has 2 atom stereocenters. The predicted octanol–water partition coefficient (Wildman–Crippen LogP) is -0.259. The van der Waals surface area contributed by atoms with Gasteiger partial charge in [0, 0.05) is 6.54 Å². The Morgan fingerprint density at radius 1 is 1.62 bits per heavy atom. The van der Waals surface area contributed by atoms with Gasteiger partial charge in [-0.3, -0.25) is 4.79 Å². The van der Waals surface area contributed by atoms with Crippen LogP contribution in [-0.2, 0) is 4.79 Å². The van der Waals surface area contributed by atoms with E-state index >= 15 is 0 Å². The van der Waals surface area contributed by atoms with E-state index in [0.29, 0.717) is 6.54 Å². The summed E-state index contributed by atoms with van der Waals surface area (Å²) in [5, 5.41) is 18.1. The first-order chi connectivity index (χ1) is 6.16. The minimum Gasteiger partial charge on any atom is -0.394 e. The molecule has 2 N–H and O–H groups in total. The first-order valence-corrected chi connectivity index (χ1v) is 4.76. The summed E-state index contributed by atoms with van der Waals surface area (Å²) in [6, 6.07) is -0.0872. The molecular weight excluding hydrogens is 170 g/mol. The first-order valence-electron chi connectivity index (χ1n) is 4.76. The Morgan fingerprint density at radius 2 is 2.31 bits per heavy atom. The third-order valence-corrected chi connectivity index (χ3v) is 2.48. The molecule has 1 heterocycles. The number of aliphatic hydroxyl groups excluding tert-OH is 2. The van der Waals surface area contributed by atoms with Gasteiger partial charge in [0.1, 0.15) is 6.10 Å². The average Bonchev–Trinajstić information content (AvgIpc) is 2.16. The summed E-state index contributed by atoms with van der Waals surface area (Å²) in [5.41, 5.74) is 0. The number of piperidine rings is 1. The van der Waals surface area contributed by atoms with E-state index < -0.39 is 6.10 Å². The van der Waals surface area contributed by atoms with Gasteiger partial charge in [0.25, 0.3) is 5.91 Å². The maximum Gasteiger partial charge on any atom is 0.251 e. The van der Waals surface area contributed by atoms with E-state index in [2.05, 4.69) is 0 Å². The SMILES string of the molecule is CC(O)C(=O)N1CCCC[C@H]1CO. The molecule has 0 saturated carbocycles. The van der Waals surface area contributed by atoms with Crippen LogP contribution in [-0.4, -0.2) is 46.3 Å². The summed E-state index contributed by atoms with van der Waals surface area (Å²) in [6.45, 7) is 2.12. The van der Waals surface area contributed by atoms with Crippen LogP contribution >= 0.6 is 0 Å². The normalized spacial score (nSPS) is 25.8. The second-order valence-corrected chi connectivity index (χ2v) is 3.54. The monoisotopic (exact) mass is 187 g/mol. The molecule has 1 amide bonds. The highest BCUT2D eigenvalue weighted by atomic mass is 16.3. The zero-order chi connectivity index (χ0) is 9.84. The molecule has 0 aromatic heterocycles. The molecular formula is C9H17NO3. The van der Waals surface area contributed by atoms with Crippen LogP contribution in [0.4, 0.5) is 0 Å². The van der Waals surface area contributed by atoms with Crippen molar-refractivity contribution in [1.82, 2.24) is 4.90 Å². The average molecular weight is 187 g/mol. The lowest BCUT2D eigenvalue weighted by Crippen LogP contribution is -2.49. The van der Waals surface area contributed by atoms with Crippen LogP contribution in [0.25, 0.3) is 0 Å². The Balaban J connectivity index is 2.58. The fourth-order valence-corrected chi connectivity index (χ4v) is 1.72. The lowest BCUT2D eigenvalue weighted by atomic mass is 10.0. The minimum absolute atomic E-state index is 0.00153. The van der Waals surface area contributed by atoms with E-state index in [9.17, 15) is 4.79 Å². The Morgan fingerprint density at radius 3 is 2.85 bits per heavy atom. The number of nitrogens with zero attached hydrogens (tertiary/aromatic N) is 1. The highest BCUT2D eigenvalue weighted by Gasteiger charge is 2.27.